The van der Waals surface area contributed by atoms with Crippen molar-refractivity contribution in [1.82, 2.24) is 0 Å². The first kappa shape index (κ1) is 14.3. The predicted octanol–water partition coefficient (Wildman–Crippen LogP) is 3.33. The highest BCUT2D eigenvalue weighted by atomic mass is 19.1. The van der Waals surface area contributed by atoms with Crippen LogP contribution in [0.15, 0.2) is 48.5 Å². The molecule has 0 saturated carbocycles. The molecule has 4 heteroatoms. The summed E-state index contributed by atoms with van der Waals surface area (Å²) in [5.41, 5.74) is 7.36. The number of aromatic hydroxyl groups is 1. The van der Waals surface area contributed by atoms with Gasteiger partial charge in [0.1, 0.15) is 18.1 Å². The Morgan fingerprint density at radius 2 is 1.90 bits per heavy atom. The molecule has 0 radical (unpaired) electrons. The summed E-state index contributed by atoms with van der Waals surface area (Å²) in [5.74, 6) is 0.596. The Hall–Kier alpha value is -2.07. The lowest BCUT2D eigenvalue weighted by molar-refractivity contribution is 0.304. The topological polar surface area (TPSA) is 55.5 Å². The Kier molecular flexibility index (Phi) is 4.96. The molecule has 106 valence electrons. The number of alkyl halides is 1. The Morgan fingerprint density at radius 1 is 1.15 bits per heavy atom. The van der Waals surface area contributed by atoms with Gasteiger partial charge in [0.05, 0.1) is 6.67 Å². The Labute approximate surface area is 117 Å². The average Bonchev–Trinajstić information content (AvgIpc) is 2.46. The van der Waals surface area contributed by atoms with Crippen LogP contribution in [0.5, 0.6) is 11.5 Å². The maximum Gasteiger partial charge on any atom is 0.124 e. The van der Waals surface area contributed by atoms with E-state index < -0.39 is 12.7 Å². The monoisotopic (exact) mass is 275 g/mol. The molecule has 0 bridgehead atoms. The third-order valence-corrected chi connectivity index (χ3v) is 3.07. The summed E-state index contributed by atoms with van der Waals surface area (Å²) >= 11 is 0. The van der Waals surface area contributed by atoms with Gasteiger partial charge in [0, 0.05) is 17.7 Å². The predicted molar refractivity (Wildman–Crippen MR) is 76.4 cm³/mol. The molecule has 0 aliphatic rings. The first-order valence-corrected chi connectivity index (χ1v) is 6.52. The van der Waals surface area contributed by atoms with Crippen molar-refractivity contribution in [3.63, 3.8) is 0 Å². The van der Waals surface area contributed by atoms with Crippen molar-refractivity contribution in [1.29, 1.82) is 0 Å². The molecule has 0 aromatic heterocycles. The Balaban J connectivity index is 2.02. The highest BCUT2D eigenvalue weighted by Crippen LogP contribution is 2.29. The summed E-state index contributed by atoms with van der Waals surface area (Å²) in [6.07, 6.45) is 0.192. The molecule has 1 atom stereocenters. The molecule has 20 heavy (non-hydrogen) atoms. The van der Waals surface area contributed by atoms with Crippen LogP contribution in [0.2, 0.25) is 0 Å². The maximum atomic E-state index is 12.3. The molecule has 0 unspecified atom stereocenters. The molecule has 3 nitrogen and oxygen atoms in total. The van der Waals surface area contributed by atoms with E-state index in [0.29, 0.717) is 17.9 Å². The van der Waals surface area contributed by atoms with Gasteiger partial charge in [-0.15, -0.1) is 0 Å². The van der Waals surface area contributed by atoms with E-state index in [1.807, 2.05) is 30.3 Å². The van der Waals surface area contributed by atoms with Crippen LogP contribution in [-0.4, -0.2) is 11.8 Å². The van der Waals surface area contributed by atoms with Crippen molar-refractivity contribution in [2.24, 2.45) is 5.73 Å². The van der Waals surface area contributed by atoms with Gasteiger partial charge in [0.2, 0.25) is 0 Å². The molecule has 0 amide bonds. The quantitative estimate of drug-likeness (QED) is 0.850. The summed E-state index contributed by atoms with van der Waals surface area (Å²) in [6, 6.07) is 14.2. The smallest absolute Gasteiger partial charge is 0.124 e. The second kappa shape index (κ2) is 6.91. The fraction of sp³-hybridized carbons (Fsp3) is 0.250. The van der Waals surface area contributed by atoms with Crippen LogP contribution in [-0.2, 0) is 6.61 Å². The highest BCUT2D eigenvalue weighted by Gasteiger charge is 2.11. The van der Waals surface area contributed by atoms with E-state index in [-0.39, 0.29) is 12.2 Å². The molecular weight excluding hydrogens is 257 g/mol. The van der Waals surface area contributed by atoms with Crippen molar-refractivity contribution in [2.75, 3.05) is 6.67 Å². The van der Waals surface area contributed by atoms with Crippen LogP contribution in [0.3, 0.4) is 0 Å². The number of hydrogen-bond acceptors (Lipinski definition) is 3. The fourth-order valence-corrected chi connectivity index (χ4v) is 1.94. The summed E-state index contributed by atoms with van der Waals surface area (Å²) < 4.78 is 17.9. The summed E-state index contributed by atoms with van der Waals surface area (Å²) in [5, 5.41) is 9.90. The number of phenolic OH excluding ortho intramolecular Hbond substituents is 1. The number of hydrogen-bond donors (Lipinski definition) is 2. The molecule has 2 aromatic carbocycles. The molecule has 0 aliphatic carbocycles. The van der Waals surface area contributed by atoms with Gasteiger partial charge in [-0.1, -0.05) is 36.4 Å². The van der Waals surface area contributed by atoms with Gasteiger partial charge in [0.15, 0.2) is 0 Å². The van der Waals surface area contributed by atoms with E-state index in [0.717, 1.165) is 5.56 Å². The molecule has 3 N–H and O–H groups in total. The lowest BCUT2D eigenvalue weighted by atomic mass is 10.0. The van der Waals surface area contributed by atoms with E-state index in [1.165, 1.54) is 6.07 Å². The van der Waals surface area contributed by atoms with Crippen molar-refractivity contribution in [3.05, 3.63) is 59.7 Å². The highest BCUT2D eigenvalue weighted by molar-refractivity contribution is 5.41. The molecule has 0 fully saturated rings. The van der Waals surface area contributed by atoms with Gasteiger partial charge in [-0.25, -0.2) is 0 Å². The number of halogens is 1. The Bertz CT molecular complexity index is 545. The number of nitrogens with two attached hydrogens (primary N) is 1. The zero-order valence-electron chi connectivity index (χ0n) is 11.1. The first-order valence-electron chi connectivity index (χ1n) is 6.52. The SMILES string of the molecule is N[C@H](CCF)c1ccc(OCc2ccccc2)cc1O. The Morgan fingerprint density at radius 3 is 2.55 bits per heavy atom. The minimum Gasteiger partial charge on any atom is -0.507 e. The van der Waals surface area contributed by atoms with E-state index in [2.05, 4.69) is 0 Å². The third-order valence-electron chi connectivity index (χ3n) is 3.07. The maximum absolute atomic E-state index is 12.3. The molecule has 0 aliphatic heterocycles. The van der Waals surface area contributed by atoms with Crippen molar-refractivity contribution >= 4 is 0 Å². The fourth-order valence-electron chi connectivity index (χ4n) is 1.94. The van der Waals surface area contributed by atoms with Gasteiger partial charge < -0.3 is 15.6 Å². The zero-order chi connectivity index (χ0) is 14.4. The van der Waals surface area contributed by atoms with E-state index in [1.54, 1.807) is 12.1 Å². The summed E-state index contributed by atoms with van der Waals surface area (Å²) in [4.78, 5) is 0. The lowest BCUT2D eigenvalue weighted by Gasteiger charge is -2.13. The number of phenols is 1. The largest absolute Gasteiger partial charge is 0.507 e. The van der Waals surface area contributed by atoms with Crippen LogP contribution in [0.4, 0.5) is 4.39 Å². The van der Waals surface area contributed by atoms with E-state index in [9.17, 15) is 9.50 Å². The van der Waals surface area contributed by atoms with Gasteiger partial charge in [-0.05, 0) is 18.1 Å². The zero-order valence-corrected chi connectivity index (χ0v) is 11.1. The minimum absolute atomic E-state index is 0.0384. The summed E-state index contributed by atoms with van der Waals surface area (Å²) in [7, 11) is 0. The number of ether oxygens (including phenoxy) is 1. The van der Waals surface area contributed by atoms with Gasteiger partial charge >= 0.3 is 0 Å². The molecular formula is C16H18FNO2. The lowest BCUT2D eigenvalue weighted by Crippen LogP contribution is -2.11. The standard InChI is InChI=1S/C16H18FNO2/c17-9-8-15(18)14-7-6-13(10-16(14)19)20-11-12-4-2-1-3-5-12/h1-7,10,15,19H,8-9,11,18H2/t15-/m1/s1. The second-order valence-corrected chi connectivity index (χ2v) is 4.58. The molecule has 0 spiro atoms. The van der Waals surface area contributed by atoms with E-state index in [4.69, 9.17) is 10.5 Å². The second-order valence-electron chi connectivity index (χ2n) is 4.58. The van der Waals surface area contributed by atoms with Crippen LogP contribution in [0.25, 0.3) is 0 Å². The van der Waals surface area contributed by atoms with Crippen molar-refractivity contribution in [2.45, 2.75) is 19.1 Å². The van der Waals surface area contributed by atoms with Gasteiger partial charge in [-0.3, -0.25) is 4.39 Å². The summed E-state index contributed by atoms with van der Waals surface area (Å²) in [6.45, 7) is -0.0803. The van der Waals surface area contributed by atoms with Crippen LogP contribution < -0.4 is 10.5 Å². The van der Waals surface area contributed by atoms with Crippen LogP contribution in [0, 0.1) is 0 Å². The van der Waals surface area contributed by atoms with E-state index >= 15 is 0 Å². The first-order chi connectivity index (χ1) is 9.70. The number of benzene rings is 2. The van der Waals surface area contributed by atoms with Crippen molar-refractivity contribution in [3.8, 4) is 11.5 Å². The number of rotatable bonds is 6. The third kappa shape index (κ3) is 3.71. The van der Waals surface area contributed by atoms with Crippen molar-refractivity contribution < 1.29 is 14.2 Å². The van der Waals surface area contributed by atoms with Gasteiger partial charge in [0.25, 0.3) is 0 Å². The van der Waals surface area contributed by atoms with Crippen LogP contribution >= 0.6 is 0 Å². The molecule has 2 aromatic rings. The minimum atomic E-state index is -0.507. The normalized spacial score (nSPS) is 12.1. The van der Waals surface area contributed by atoms with Crippen LogP contribution in [0.1, 0.15) is 23.6 Å². The molecule has 0 heterocycles. The molecule has 2 rings (SSSR count). The molecule has 0 saturated heterocycles. The average molecular weight is 275 g/mol. The van der Waals surface area contributed by atoms with Gasteiger partial charge in [-0.2, -0.15) is 0 Å².